The Hall–Kier alpha value is -0.460. The fourth-order valence-corrected chi connectivity index (χ4v) is 1.28. The minimum Gasteiger partial charge on any atom is -0.122 e. The second kappa shape index (κ2) is 4.54. The van der Waals surface area contributed by atoms with E-state index in [0.717, 1.165) is 16.2 Å². The summed E-state index contributed by atoms with van der Waals surface area (Å²) in [4.78, 5) is 0. The molecule has 0 aliphatic heterocycles. The smallest absolute Gasteiger partial charge is 0.0479 e. The van der Waals surface area contributed by atoms with E-state index in [9.17, 15) is 0 Å². The van der Waals surface area contributed by atoms with Gasteiger partial charge in [0.05, 0.1) is 0 Å². The van der Waals surface area contributed by atoms with E-state index < -0.39 is 0 Å². The van der Waals surface area contributed by atoms with Crippen molar-refractivity contribution in [2.45, 2.75) is 6.92 Å². The van der Waals surface area contributed by atoms with E-state index in [1.54, 1.807) is 0 Å². The topological polar surface area (TPSA) is 0 Å². The summed E-state index contributed by atoms with van der Waals surface area (Å²) >= 11 is 11.7. The van der Waals surface area contributed by atoms with Gasteiger partial charge < -0.3 is 0 Å². The predicted octanol–water partition coefficient (Wildman–Crippen LogP) is 3.90. The van der Waals surface area contributed by atoms with Crippen molar-refractivity contribution >= 4 is 28.2 Å². The monoisotopic (exact) mass is 200 g/mol. The lowest BCUT2D eigenvalue weighted by molar-refractivity contribution is 1.42. The highest BCUT2D eigenvalue weighted by Crippen LogP contribution is 2.22. The van der Waals surface area contributed by atoms with Gasteiger partial charge in [-0.3, -0.25) is 0 Å². The van der Waals surface area contributed by atoms with Crippen molar-refractivity contribution in [3.63, 3.8) is 0 Å². The van der Waals surface area contributed by atoms with Crippen molar-refractivity contribution in [2.24, 2.45) is 0 Å². The highest BCUT2D eigenvalue weighted by atomic mass is 35.5. The van der Waals surface area contributed by atoms with Crippen molar-refractivity contribution in [3.05, 3.63) is 41.5 Å². The maximum atomic E-state index is 6.05. The first-order valence-corrected chi connectivity index (χ1v) is 4.63. The van der Waals surface area contributed by atoms with Crippen molar-refractivity contribution in [3.8, 4) is 0 Å². The molecule has 1 aromatic rings. The SMILES string of the molecule is CC(CCl)=C(Cl)c1ccccc1. The van der Waals surface area contributed by atoms with Crippen molar-refractivity contribution < 1.29 is 0 Å². The van der Waals surface area contributed by atoms with Gasteiger partial charge in [0.15, 0.2) is 0 Å². The average molecular weight is 201 g/mol. The highest BCUT2D eigenvalue weighted by Gasteiger charge is 2.00. The van der Waals surface area contributed by atoms with Gasteiger partial charge in [0, 0.05) is 10.9 Å². The molecular formula is C10H10Cl2. The first-order chi connectivity index (χ1) is 5.75. The third kappa shape index (κ3) is 2.26. The molecular weight excluding hydrogens is 191 g/mol. The standard InChI is InChI=1S/C10H10Cl2/c1-8(7-11)10(12)9-5-3-2-4-6-9/h2-6H,7H2,1H3. The fraction of sp³-hybridized carbons (Fsp3) is 0.200. The van der Waals surface area contributed by atoms with Gasteiger partial charge in [0.1, 0.15) is 0 Å². The average Bonchev–Trinajstić information content (AvgIpc) is 2.17. The molecule has 0 saturated carbocycles. The van der Waals surface area contributed by atoms with E-state index in [0.29, 0.717) is 5.88 Å². The normalized spacial score (nSPS) is 12.6. The van der Waals surface area contributed by atoms with Crippen LogP contribution in [0.2, 0.25) is 0 Å². The Labute approximate surface area is 82.8 Å². The molecule has 1 rings (SSSR count). The minimum absolute atomic E-state index is 0.480. The van der Waals surface area contributed by atoms with Gasteiger partial charge in [-0.1, -0.05) is 41.9 Å². The molecule has 0 atom stereocenters. The molecule has 64 valence electrons. The molecule has 0 heterocycles. The Bertz CT molecular complexity index is 275. The highest BCUT2D eigenvalue weighted by molar-refractivity contribution is 6.49. The van der Waals surface area contributed by atoms with E-state index in [1.807, 2.05) is 37.3 Å². The zero-order valence-electron chi connectivity index (χ0n) is 6.85. The Kier molecular flexibility index (Phi) is 3.64. The Balaban J connectivity index is 3.00. The number of hydrogen-bond donors (Lipinski definition) is 0. The van der Waals surface area contributed by atoms with Gasteiger partial charge >= 0.3 is 0 Å². The number of rotatable bonds is 2. The first-order valence-electron chi connectivity index (χ1n) is 3.72. The van der Waals surface area contributed by atoms with Crippen LogP contribution in [0.3, 0.4) is 0 Å². The summed E-state index contributed by atoms with van der Waals surface area (Å²) in [7, 11) is 0. The lowest BCUT2D eigenvalue weighted by atomic mass is 10.1. The van der Waals surface area contributed by atoms with Crippen LogP contribution in [0, 0.1) is 0 Å². The lowest BCUT2D eigenvalue weighted by Gasteiger charge is -2.01. The molecule has 0 aliphatic rings. The lowest BCUT2D eigenvalue weighted by Crippen LogP contribution is -1.83. The summed E-state index contributed by atoms with van der Waals surface area (Å²) in [5.74, 6) is 0.480. The van der Waals surface area contributed by atoms with Crippen molar-refractivity contribution in [1.82, 2.24) is 0 Å². The van der Waals surface area contributed by atoms with Gasteiger partial charge in [-0.2, -0.15) is 0 Å². The summed E-state index contributed by atoms with van der Waals surface area (Å²) in [5, 5.41) is 0.755. The quantitative estimate of drug-likeness (QED) is 0.636. The summed E-state index contributed by atoms with van der Waals surface area (Å²) in [6.45, 7) is 1.93. The van der Waals surface area contributed by atoms with E-state index in [4.69, 9.17) is 23.2 Å². The number of benzene rings is 1. The molecule has 0 aromatic heterocycles. The number of allylic oxidation sites excluding steroid dienone is 1. The molecule has 0 spiro atoms. The Morgan fingerprint density at radius 1 is 1.25 bits per heavy atom. The second-order valence-corrected chi connectivity index (χ2v) is 3.24. The van der Waals surface area contributed by atoms with Gasteiger partial charge in [-0.15, -0.1) is 11.6 Å². The molecule has 0 amide bonds. The van der Waals surface area contributed by atoms with Crippen LogP contribution in [0.4, 0.5) is 0 Å². The van der Waals surface area contributed by atoms with Crippen LogP contribution in [0.1, 0.15) is 12.5 Å². The van der Waals surface area contributed by atoms with Gasteiger partial charge in [0.2, 0.25) is 0 Å². The fourth-order valence-electron chi connectivity index (χ4n) is 0.890. The van der Waals surface area contributed by atoms with Crippen LogP contribution in [0.15, 0.2) is 35.9 Å². The summed E-state index contributed by atoms with van der Waals surface area (Å²) in [6.07, 6.45) is 0. The van der Waals surface area contributed by atoms with E-state index >= 15 is 0 Å². The van der Waals surface area contributed by atoms with Crippen LogP contribution in [0.5, 0.6) is 0 Å². The van der Waals surface area contributed by atoms with Gasteiger partial charge in [0.25, 0.3) is 0 Å². The molecule has 0 bridgehead atoms. The van der Waals surface area contributed by atoms with Crippen LogP contribution in [-0.2, 0) is 0 Å². The molecule has 0 aliphatic carbocycles. The molecule has 0 radical (unpaired) electrons. The largest absolute Gasteiger partial charge is 0.122 e. The van der Waals surface area contributed by atoms with Crippen molar-refractivity contribution in [1.29, 1.82) is 0 Å². The molecule has 2 heteroatoms. The number of hydrogen-bond acceptors (Lipinski definition) is 0. The maximum Gasteiger partial charge on any atom is 0.0479 e. The first kappa shape index (κ1) is 9.63. The minimum atomic E-state index is 0.480. The molecule has 0 saturated heterocycles. The van der Waals surface area contributed by atoms with Gasteiger partial charge in [-0.05, 0) is 18.1 Å². The van der Waals surface area contributed by atoms with E-state index in [1.165, 1.54) is 0 Å². The van der Waals surface area contributed by atoms with Crippen LogP contribution >= 0.6 is 23.2 Å². The Morgan fingerprint density at radius 2 is 1.83 bits per heavy atom. The molecule has 0 N–H and O–H groups in total. The van der Waals surface area contributed by atoms with Gasteiger partial charge in [-0.25, -0.2) is 0 Å². The maximum absolute atomic E-state index is 6.05. The van der Waals surface area contributed by atoms with E-state index in [-0.39, 0.29) is 0 Å². The molecule has 0 fully saturated rings. The molecule has 12 heavy (non-hydrogen) atoms. The summed E-state index contributed by atoms with van der Waals surface area (Å²) in [5.41, 5.74) is 2.03. The third-order valence-electron chi connectivity index (χ3n) is 1.60. The third-order valence-corrected chi connectivity index (χ3v) is 2.54. The van der Waals surface area contributed by atoms with Crippen molar-refractivity contribution in [2.75, 3.05) is 5.88 Å². The molecule has 1 aromatic carbocycles. The van der Waals surface area contributed by atoms with Crippen LogP contribution in [-0.4, -0.2) is 5.88 Å². The van der Waals surface area contributed by atoms with Crippen LogP contribution < -0.4 is 0 Å². The second-order valence-electron chi connectivity index (χ2n) is 2.59. The zero-order valence-corrected chi connectivity index (χ0v) is 8.36. The van der Waals surface area contributed by atoms with Crippen LogP contribution in [0.25, 0.3) is 5.03 Å². The summed E-state index contributed by atoms with van der Waals surface area (Å²) in [6, 6.07) is 9.82. The number of alkyl halides is 1. The Morgan fingerprint density at radius 3 is 2.33 bits per heavy atom. The summed E-state index contributed by atoms with van der Waals surface area (Å²) < 4.78 is 0. The molecule has 0 unspecified atom stereocenters. The zero-order chi connectivity index (χ0) is 8.97. The number of halogens is 2. The predicted molar refractivity (Wildman–Crippen MR) is 55.6 cm³/mol. The van der Waals surface area contributed by atoms with E-state index in [2.05, 4.69) is 0 Å². The molecule has 0 nitrogen and oxygen atoms in total.